The molecule has 0 fully saturated rings. The van der Waals surface area contributed by atoms with Crippen LogP contribution < -0.4 is 4.74 Å². The fourth-order valence-corrected chi connectivity index (χ4v) is 2.29. The Kier molecular flexibility index (Phi) is 3.99. The van der Waals surface area contributed by atoms with Crippen molar-refractivity contribution < 1.29 is 14.3 Å². The molecule has 18 heavy (non-hydrogen) atoms. The SMILES string of the molecule is COc1cccc(COC(=O)c2ccc(C)s2)c1. The summed E-state index contributed by atoms with van der Waals surface area (Å²) < 4.78 is 10.4. The maximum atomic E-state index is 11.7. The lowest BCUT2D eigenvalue weighted by atomic mass is 10.2. The van der Waals surface area contributed by atoms with Crippen molar-refractivity contribution in [3.8, 4) is 5.75 Å². The second-order valence-corrected chi connectivity index (χ2v) is 5.13. The predicted octanol–water partition coefficient (Wildman–Crippen LogP) is 3.42. The van der Waals surface area contributed by atoms with Crippen LogP contribution in [0.4, 0.5) is 0 Å². The van der Waals surface area contributed by atoms with Crippen molar-refractivity contribution in [1.29, 1.82) is 0 Å². The zero-order chi connectivity index (χ0) is 13.0. The van der Waals surface area contributed by atoms with Crippen LogP contribution in [-0.4, -0.2) is 13.1 Å². The molecule has 0 atom stereocenters. The van der Waals surface area contributed by atoms with E-state index < -0.39 is 0 Å². The Labute approximate surface area is 110 Å². The molecule has 0 N–H and O–H groups in total. The topological polar surface area (TPSA) is 35.5 Å². The first-order valence-corrected chi connectivity index (χ1v) is 6.37. The number of hydrogen-bond donors (Lipinski definition) is 0. The second kappa shape index (κ2) is 5.69. The monoisotopic (exact) mass is 262 g/mol. The Hall–Kier alpha value is -1.81. The van der Waals surface area contributed by atoms with Crippen molar-refractivity contribution in [2.75, 3.05) is 7.11 Å². The minimum absolute atomic E-state index is 0.257. The molecule has 0 spiro atoms. The number of methoxy groups -OCH3 is 1. The fraction of sp³-hybridized carbons (Fsp3) is 0.214. The molecule has 2 aromatic rings. The van der Waals surface area contributed by atoms with Gasteiger partial charge in [0.15, 0.2) is 0 Å². The molecule has 3 nitrogen and oxygen atoms in total. The average molecular weight is 262 g/mol. The predicted molar refractivity (Wildman–Crippen MR) is 71.2 cm³/mol. The molecule has 0 radical (unpaired) electrons. The number of carbonyl (C=O) groups is 1. The molecule has 0 aliphatic carbocycles. The van der Waals surface area contributed by atoms with Crippen LogP contribution in [0.5, 0.6) is 5.75 Å². The molecule has 0 saturated carbocycles. The molecule has 0 aliphatic rings. The fourth-order valence-electron chi connectivity index (χ4n) is 1.53. The molecule has 0 saturated heterocycles. The maximum Gasteiger partial charge on any atom is 0.348 e. The number of aryl methyl sites for hydroxylation is 1. The molecule has 1 aromatic heterocycles. The van der Waals surface area contributed by atoms with Gasteiger partial charge in [0.25, 0.3) is 0 Å². The summed E-state index contributed by atoms with van der Waals surface area (Å²) >= 11 is 1.44. The van der Waals surface area contributed by atoms with Gasteiger partial charge in [0, 0.05) is 4.88 Å². The molecule has 0 unspecified atom stereocenters. The summed E-state index contributed by atoms with van der Waals surface area (Å²) in [5.74, 6) is 0.478. The summed E-state index contributed by atoms with van der Waals surface area (Å²) in [6.45, 7) is 2.22. The van der Waals surface area contributed by atoms with E-state index in [2.05, 4.69) is 0 Å². The van der Waals surface area contributed by atoms with E-state index in [-0.39, 0.29) is 12.6 Å². The van der Waals surface area contributed by atoms with Gasteiger partial charge in [-0.2, -0.15) is 0 Å². The molecule has 1 aromatic carbocycles. The third-order valence-electron chi connectivity index (χ3n) is 2.45. The van der Waals surface area contributed by atoms with E-state index >= 15 is 0 Å². The normalized spacial score (nSPS) is 10.1. The minimum Gasteiger partial charge on any atom is -0.497 e. The first-order chi connectivity index (χ1) is 8.69. The number of benzene rings is 1. The van der Waals surface area contributed by atoms with Gasteiger partial charge in [-0.1, -0.05) is 12.1 Å². The van der Waals surface area contributed by atoms with Gasteiger partial charge in [0.05, 0.1) is 7.11 Å². The van der Waals surface area contributed by atoms with Crippen molar-refractivity contribution in [2.45, 2.75) is 13.5 Å². The van der Waals surface area contributed by atoms with E-state index in [1.165, 1.54) is 11.3 Å². The summed E-state index contributed by atoms with van der Waals surface area (Å²) in [5.41, 5.74) is 0.913. The lowest BCUT2D eigenvalue weighted by Gasteiger charge is -2.05. The first kappa shape index (κ1) is 12.6. The second-order valence-electron chi connectivity index (χ2n) is 3.84. The third-order valence-corrected chi connectivity index (χ3v) is 3.43. The quantitative estimate of drug-likeness (QED) is 0.792. The summed E-state index contributed by atoms with van der Waals surface area (Å²) in [6, 6.07) is 11.2. The van der Waals surface area contributed by atoms with Gasteiger partial charge < -0.3 is 9.47 Å². The van der Waals surface area contributed by atoms with Crippen LogP contribution in [0.25, 0.3) is 0 Å². The maximum absolute atomic E-state index is 11.7. The number of carbonyl (C=O) groups excluding carboxylic acids is 1. The number of thiophene rings is 1. The van der Waals surface area contributed by atoms with E-state index in [1.54, 1.807) is 13.2 Å². The highest BCUT2D eigenvalue weighted by atomic mass is 32.1. The zero-order valence-corrected chi connectivity index (χ0v) is 11.1. The van der Waals surface area contributed by atoms with Gasteiger partial charge in [-0.05, 0) is 36.8 Å². The smallest absolute Gasteiger partial charge is 0.348 e. The first-order valence-electron chi connectivity index (χ1n) is 5.55. The Balaban J connectivity index is 1.97. The number of rotatable bonds is 4. The molecular weight excluding hydrogens is 248 g/mol. The highest BCUT2D eigenvalue weighted by molar-refractivity contribution is 7.13. The highest BCUT2D eigenvalue weighted by Gasteiger charge is 2.09. The average Bonchev–Trinajstić information content (AvgIpc) is 2.83. The van der Waals surface area contributed by atoms with E-state index in [0.29, 0.717) is 4.88 Å². The minimum atomic E-state index is -0.282. The Morgan fingerprint density at radius 3 is 2.78 bits per heavy atom. The van der Waals surface area contributed by atoms with E-state index in [1.807, 2.05) is 37.3 Å². The number of ether oxygens (including phenoxy) is 2. The van der Waals surface area contributed by atoms with Crippen LogP contribution in [0, 0.1) is 6.92 Å². The molecule has 1 heterocycles. The summed E-state index contributed by atoms with van der Waals surface area (Å²) in [5, 5.41) is 0. The Bertz CT molecular complexity index is 545. The van der Waals surface area contributed by atoms with Gasteiger partial charge >= 0.3 is 5.97 Å². The van der Waals surface area contributed by atoms with E-state index in [9.17, 15) is 4.79 Å². The lowest BCUT2D eigenvalue weighted by molar-refractivity contribution is 0.0478. The van der Waals surface area contributed by atoms with Crippen molar-refractivity contribution in [2.24, 2.45) is 0 Å². The third kappa shape index (κ3) is 3.11. The molecule has 0 aliphatic heterocycles. The van der Waals surface area contributed by atoms with Crippen molar-refractivity contribution in [3.63, 3.8) is 0 Å². The summed E-state index contributed by atoms with van der Waals surface area (Å²) in [6.07, 6.45) is 0. The zero-order valence-electron chi connectivity index (χ0n) is 10.3. The van der Waals surface area contributed by atoms with Crippen LogP contribution in [0.3, 0.4) is 0 Å². The van der Waals surface area contributed by atoms with Crippen molar-refractivity contribution in [3.05, 3.63) is 51.7 Å². The van der Waals surface area contributed by atoms with Crippen LogP contribution in [0.15, 0.2) is 36.4 Å². The molecule has 0 amide bonds. The largest absolute Gasteiger partial charge is 0.497 e. The van der Waals surface area contributed by atoms with Crippen LogP contribution >= 0.6 is 11.3 Å². The van der Waals surface area contributed by atoms with Crippen LogP contribution in [-0.2, 0) is 11.3 Å². The van der Waals surface area contributed by atoms with E-state index in [0.717, 1.165) is 16.2 Å². The van der Waals surface area contributed by atoms with Crippen LogP contribution in [0.1, 0.15) is 20.1 Å². The Morgan fingerprint density at radius 1 is 1.28 bits per heavy atom. The highest BCUT2D eigenvalue weighted by Crippen LogP contribution is 2.18. The lowest BCUT2D eigenvalue weighted by Crippen LogP contribution is -2.03. The molecule has 94 valence electrons. The van der Waals surface area contributed by atoms with Gasteiger partial charge in [-0.3, -0.25) is 0 Å². The molecular formula is C14H14O3S. The van der Waals surface area contributed by atoms with Crippen molar-refractivity contribution >= 4 is 17.3 Å². The molecule has 0 bridgehead atoms. The number of hydrogen-bond acceptors (Lipinski definition) is 4. The molecule has 2 rings (SSSR count). The molecule has 4 heteroatoms. The van der Waals surface area contributed by atoms with Crippen LogP contribution in [0.2, 0.25) is 0 Å². The van der Waals surface area contributed by atoms with Gasteiger partial charge in [-0.25, -0.2) is 4.79 Å². The van der Waals surface area contributed by atoms with Gasteiger partial charge in [0.2, 0.25) is 0 Å². The van der Waals surface area contributed by atoms with Gasteiger partial charge in [0.1, 0.15) is 17.2 Å². The van der Waals surface area contributed by atoms with Crippen molar-refractivity contribution in [1.82, 2.24) is 0 Å². The Morgan fingerprint density at radius 2 is 2.11 bits per heavy atom. The standard InChI is InChI=1S/C14H14O3S/c1-10-6-7-13(18-10)14(15)17-9-11-4-3-5-12(8-11)16-2/h3-8H,9H2,1-2H3. The van der Waals surface area contributed by atoms with Gasteiger partial charge in [-0.15, -0.1) is 11.3 Å². The number of esters is 1. The summed E-state index contributed by atoms with van der Waals surface area (Å²) in [7, 11) is 1.61. The van der Waals surface area contributed by atoms with E-state index in [4.69, 9.17) is 9.47 Å². The summed E-state index contributed by atoms with van der Waals surface area (Å²) in [4.78, 5) is 13.5.